The second-order valence-electron chi connectivity index (χ2n) is 26.5. The van der Waals surface area contributed by atoms with Crippen LogP contribution in [0.15, 0.2) is 352 Å². The first-order valence-corrected chi connectivity index (χ1v) is 34.3. The van der Waals surface area contributed by atoms with Crippen LogP contribution in [0.3, 0.4) is 0 Å². The molecule has 0 unspecified atom stereocenters. The number of hydrogen-bond acceptors (Lipinski definition) is 2. The summed E-state index contributed by atoms with van der Waals surface area (Å²) in [4.78, 5) is 11.2. The predicted octanol–water partition coefficient (Wildman–Crippen LogP) is 24.7. The van der Waals surface area contributed by atoms with Crippen molar-refractivity contribution in [2.45, 2.75) is 0 Å². The summed E-state index contributed by atoms with van der Waals surface area (Å²) in [5.41, 5.74) is 24.7. The van der Waals surface area contributed by atoms with Gasteiger partial charge in [0, 0.05) is 71.1 Å². The Morgan fingerprint density at radius 3 is 1.23 bits per heavy atom. The fourth-order valence-corrected chi connectivity index (χ4v) is 16.3. The summed E-state index contributed by atoms with van der Waals surface area (Å²) in [6, 6.07) is 129. The van der Waals surface area contributed by atoms with Gasteiger partial charge < -0.3 is 13.7 Å². The van der Waals surface area contributed by atoms with Gasteiger partial charge in [-0.3, -0.25) is 4.57 Å². The van der Waals surface area contributed by atoms with Crippen LogP contribution in [0.5, 0.6) is 0 Å². The van der Waals surface area contributed by atoms with Gasteiger partial charge in [-0.15, -0.1) is 0 Å². The summed E-state index contributed by atoms with van der Waals surface area (Å²) in [5.74, 6) is 0.624. The molecule has 0 aliphatic rings. The van der Waals surface area contributed by atoms with E-state index in [4.69, 9.17) is 9.97 Å². The minimum absolute atomic E-state index is 0.624. The van der Waals surface area contributed by atoms with E-state index in [2.05, 4.69) is 370 Å². The van der Waals surface area contributed by atoms with Crippen molar-refractivity contribution in [3.05, 3.63) is 352 Å². The summed E-state index contributed by atoms with van der Waals surface area (Å²) >= 11 is 0. The summed E-state index contributed by atoms with van der Waals surface area (Å²) in [7, 11) is 0. The van der Waals surface area contributed by atoms with E-state index in [1.165, 1.54) is 98.4 Å². The smallest absolute Gasteiger partial charge is 0.235 e. The van der Waals surface area contributed by atoms with Gasteiger partial charge in [0.25, 0.3) is 0 Å². The van der Waals surface area contributed by atoms with Gasteiger partial charge in [-0.2, -0.15) is 0 Å². The maximum Gasteiger partial charge on any atom is 0.235 e. The second kappa shape index (κ2) is 22.1. The fraction of sp³-hybridized carbons (Fsp3) is 0. The van der Waals surface area contributed by atoms with Gasteiger partial charge in [-0.25, -0.2) is 9.97 Å². The van der Waals surface area contributed by atoms with E-state index in [1.807, 2.05) is 0 Å². The molecule has 5 aromatic heterocycles. The van der Waals surface area contributed by atoms with E-state index in [0.29, 0.717) is 5.95 Å². The fourth-order valence-electron chi connectivity index (χ4n) is 16.3. The third-order valence-electron chi connectivity index (χ3n) is 20.9. The summed E-state index contributed by atoms with van der Waals surface area (Å²) in [5, 5.41) is 15.3. The van der Waals surface area contributed by atoms with Crippen LogP contribution in [-0.4, -0.2) is 28.2 Å². The minimum Gasteiger partial charge on any atom is -0.309 e. The molecule has 0 N–H and O–H groups in total. The van der Waals surface area contributed by atoms with Crippen molar-refractivity contribution in [3.8, 4) is 78.8 Å². The molecular formula is C94H58N6. The first kappa shape index (κ1) is 55.8. The monoisotopic (exact) mass is 1270 g/mol. The highest BCUT2D eigenvalue weighted by atomic mass is 15.2. The predicted molar refractivity (Wildman–Crippen MR) is 419 cm³/mol. The molecule has 5 heterocycles. The molecule has 0 amide bonds. The number of aromatic nitrogens is 6. The van der Waals surface area contributed by atoms with Gasteiger partial charge in [0.15, 0.2) is 0 Å². The summed E-state index contributed by atoms with van der Waals surface area (Å²) < 4.78 is 9.51. The highest BCUT2D eigenvalue weighted by Gasteiger charge is 2.23. The Morgan fingerprint density at radius 1 is 0.180 bits per heavy atom. The normalized spacial score (nSPS) is 12.0. The molecule has 0 fully saturated rings. The lowest BCUT2D eigenvalue weighted by Crippen LogP contribution is -2.04. The number of rotatable bonds is 9. The molecule has 0 aliphatic carbocycles. The molecule has 6 nitrogen and oxygen atoms in total. The Bertz CT molecular complexity index is 6890. The molecule has 6 heteroatoms. The highest BCUT2D eigenvalue weighted by Crippen LogP contribution is 2.44. The largest absolute Gasteiger partial charge is 0.309 e. The van der Waals surface area contributed by atoms with E-state index in [1.54, 1.807) is 0 Å². The van der Waals surface area contributed by atoms with Crippen LogP contribution in [-0.2, 0) is 0 Å². The first-order chi connectivity index (χ1) is 49.6. The van der Waals surface area contributed by atoms with Crippen LogP contribution >= 0.6 is 0 Å². The molecule has 100 heavy (non-hydrogen) atoms. The number of nitrogens with zero attached hydrogens (tertiary/aromatic N) is 6. The van der Waals surface area contributed by atoms with Crippen molar-refractivity contribution in [2.24, 2.45) is 0 Å². The van der Waals surface area contributed by atoms with Crippen molar-refractivity contribution < 1.29 is 0 Å². The topological polar surface area (TPSA) is 45.5 Å². The lowest BCUT2D eigenvalue weighted by atomic mass is 9.92. The Labute approximate surface area is 575 Å². The van der Waals surface area contributed by atoms with Gasteiger partial charge in [0.1, 0.15) is 0 Å². The van der Waals surface area contributed by atoms with E-state index < -0.39 is 0 Å². The molecule has 16 aromatic carbocycles. The van der Waals surface area contributed by atoms with E-state index >= 15 is 0 Å². The molecule has 0 saturated carbocycles. The number of hydrogen-bond donors (Lipinski definition) is 0. The number of benzene rings is 16. The molecular weight excluding hydrogens is 1210 g/mol. The van der Waals surface area contributed by atoms with Crippen LogP contribution in [0.4, 0.5) is 0 Å². The minimum atomic E-state index is 0.624. The quantitative estimate of drug-likeness (QED) is 0.145. The molecule has 0 saturated heterocycles. The van der Waals surface area contributed by atoms with Crippen molar-refractivity contribution in [2.75, 3.05) is 0 Å². The summed E-state index contributed by atoms with van der Waals surface area (Å²) in [6.45, 7) is 0. The molecule has 0 spiro atoms. The van der Waals surface area contributed by atoms with E-state index in [0.717, 1.165) is 94.1 Å². The maximum absolute atomic E-state index is 5.70. The zero-order chi connectivity index (χ0) is 65.5. The van der Waals surface area contributed by atoms with Gasteiger partial charge in [-0.05, 0) is 187 Å². The SMILES string of the molecule is c1ccc(-c2cccc(-n3c4ccccc4c4cc(-c5ccc6c(c5)c5ccccc5n6-c5ccc(-c6ccc(-c7cc(-c8nc(-n9c%10ccc(-n%11c%12ccccc%12c%12ccccc%12%11)cc%10c%10cc%11ccccc%11cc%109)nc9ccccc89)cc8ccccc78)cc6)cc5)ccc43)c2)cc1. The van der Waals surface area contributed by atoms with Crippen molar-refractivity contribution in [3.63, 3.8) is 0 Å². The van der Waals surface area contributed by atoms with Crippen LogP contribution in [0.2, 0.25) is 0 Å². The third kappa shape index (κ3) is 8.70. The summed E-state index contributed by atoms with van der Waals surface area (Å²) in [6.07, 6.45) is 0. The van der Waals surface area contributed by atoms with Crippen molar-refractivity contribution >= 4 is 120 Å². The molecule has 464 valence electrons. The molecule has 21 rings (SSSR count). The van der Waals surface area contributed by atoms with Crippen LogP contribution in [0.1, 0.15) is 0 Å². The molecule has 21 aromatic rings. The Morgan fingerprint density at radius 2 is 0.590 bits per heavy atom. The zero-order valence-electron chi connectivity index (χ0n) is 54.2. The molecule has 0 atom stereocenters. The Kier molecular flexibility index (Phi) is 12.3. The molecule has 0 aliphatic heterocycles. The first-order valence-electron chi connectivity index (χ1n) is 34.3. The van der Waals surface area contributed by atoms with Gasteiger partial charge in [-0.1, -0.05) is 231 Å². The molecule has 0 radical (unpaired) electrons. The average Bonchev–Trinajstić information content (AvgIpc) is 1.59. The van der Waals surface area contributed by atoms with Gasteiger partial charge in [0.2, 0.25) is 5.95 Å². The van der Waals surface area contributed by atoms with Crippen LogP contribution < -0.4 is 0 Å². The lowest BCUT2D eigenvalue weighted by Gasteiger charge is -2.15. The van der Waals surface area contributed by atoms with E-state index in [9.17, 15) is 0 Å². The third-order valence-corrected chi connectivity index (χ3v) is 20.9. The molecule has 0 bridgehead atoms. The lowest BCUT2D eigenvalue weighted by molar-refractivity contribution is 1.01. The van der Waals surface area contributed by atoms with Crippen molar-refractivity contribution in [1.29, 1.82) is 0 Å². The van der Waals surface area contributed by atoms with Crippen LogP contribution in [0.25, 0.3) is 198 Å². The second-order valence-corrected chi connectivity index (χ2v) is 26.5. The highest BCUT2D eigenvalue weighted by molar-refractivity contribution is 6.17. The average molecular weight is 1270 g/mol. The number of fused-ring (bicyclic) bond motifs is 15. The zero-order valence-corrected chi connectivity index (χ0v) is 54.2. The van der Waals surface area contributed by atoms with E-state index in [-0.39, 0.29) is 0 Å². The van der Waals surface area contributed by atoms with Gasteiger partial charge in [0.05, 0.1) is 55.3 Å². The van der Waals surface area contributed by atoms with Crippen LogP contribution in [0, 0.1) is 0 Å². The van der Waals surface area contributed by atoms with Gasteiger partial charge >= 0.3 is 0 Å². The Balaban J connectivity index is 0.627. The Hall–Kier alpha value is -13.4. The van der Waals surface area contributed by atoms with Crippen molar-refractivity contribution in [1.82, 2.24) is 28.2 Å². The number of para-hydroxylation sites is 5. The standard InChI is InChI=1S/C94H58N6/c1-2-19-59(20-3-1)63-24-18-25-71(52-63)98-88-36-17-12-30-77(88)81-55-67(44-49-90(81)98)66-43-48-89-80(54-66)76-29-11-16-35-87(76)97(89)70-45-41-61(42-46-70)60-37-39-62(40-38-60)79-56-69(51-68-23-6-7-26-73(68)79)93-78-31-8-13-32-84(78)95-94(96-93)100-91-50-47-72(58-83(91)82-53-64-21-4-5-22-65(64)57-92(82)100)99-85-33-14-9-27-74(85)75-28-10-15-34-86(75)99/h1-58H. The maximum atomic E-state index is 5.70.